The quantitative estimate of drug-likeness (QED) is 0.885. The van der Waals surface area contributed by atoms with E-state index in [0.29, 0.717) is 6.54 Å². The number of benzene rings is 1. The van der Waals surface area contributed by atoms with Gasteiger partial charge in [-0.05, 0) is 56.4 Å². The topological polar surface area (TPSA) is 55.1 Å². The highest BCUT2D eigenvalue weighted by Gasteiger charge is 2.26. The van der Waals surface area contributed by atoms with Crippen molar-refractivity contribution in [2.75, 3.05) is 11.9 Å². The molecule has 3 N–H and O–H groups in total. The lowest BCUT2D eigenvalue weighted by atomic mass is 9.92. The Labute approximate surface area is 115 Å². The first-order valence-corrected chi connectivity index (χ1v) is 6.16. The molecular weight excluding hydrogens is 248 g/mol. The van der Waals surface area contributed by atoms with Crippen LogP contribution < -0.4 is 11.1 Å². The van der Waals surface area contributed by atoms with E-state index in [1.807, 2.05) is 19.9 Å². The van der Waals surface area contributed by atoms with Crippen LogP contribution in [0.2, 0.25) is 0 Å². The van der Waals surface area contributed by atoms with Crippen molar-refractivity contribution in [1.29, 1.82) is 0 Å². The summed E-state index contributed by atoms with van der Waals surface area (Å²) in [7, 11) is 0. The summed E-state index contributed by atoms with van der Waals surface area (Å²) in [6.07, 6.45) is 3.51. The maximum absolute atomic E-state index is 12.0. The average Bonchev–Trinajstić information content (AvgIpc) is 2.76. The zero-order chi connectivity index (χ0) is 12.5. The van der Waals surface area contributed by atoms with Gasteiger partial charge in [-0.1, -0.05) is 6.07 Å². The molecule has 0 aliphatic heterocycles. The molecule has 1 aliphatic carbocycles. The Kier molecular flexibility index (Phi) is 4.77. The molecule has 1 aromatic carbocycles. The Morgan fingerprint density at radius 3 is 2.67 bits per heavy atom. The first-order chi connectivity index (χ1) is 8.03. The van der Waals surface area contributed by atoms with E-state index in [0.717, 1.165) is 18.5 Å². The van der Waals surface area contributed by atoms with Crippen LogP contribution >= 0.6 is 12.4 Å². The normalized spacial score (nSPS) is 13.7. The molecule has 0 heterocycles. The molecule has 0 saturated heterocycles. The molecule has 0 spiro atoms. The highest BCUT2D eigenvalue weighted by Crippen LogP contribution is 2.25. The fraction of sp³-hybridized carbons (Fsp3) is 0.500. The molecule has 0 unspecified atom stereocenters. The van der Waals surface area contributed by atoms with Crippen LogP contribution in [0.1, 0.15) is 31.4 Å². The monoisotopic (exact) mass is 268 g/mol. The second kappa shape index (κ2) is 5.72. The van der Waals surface area contributed by atoms with E-state index in [1.54, 1.807) is 0 Å². The third-order valence-electron chi connectivity index (χ3n) is 3.48. The van der Waals surface area contributed by atoms with Gasteiger partial charge in [0.15, 0.2) is 0 Å². The number of carbonyl (C=O) groups is 1. The Bertz CT molecular complexity index is 443. The minimum absolute atomic E-state index is 0. The van der Waals surface area contributed by atoms with Crippen LogP contribution in [0, 0.1) is 5.41 Å². The molecule has 0 fully saturated rings. The largest absolute Gasteiger partial charge is 0.329 e. The van der Waals surface area contributed by atoms with Crippen LogP contribution in [0.25, 0.3) is 0 Å². The van der Waals surface area contributed by atoms with E-state index in [4.69, 9.17) is 5.73 Å². The predicted molar refractivity (Wildman–Crippen MR) is 77.2 cm³/mol. The Balaban J connectivity index is 0.00000162. The van der Waals surface area contributed by atoms with Crippen molar-refractivity contribution in [1.82, 2.24) is 0 Å². The lowest BCUT2D eigenvalue weighted by Gasteiger charge is -2.21. The van der Waals surface area contributed by atoms with Gasteiger partial charge in [0.2, 0.25) is 5.91 Å². The molecule has 100 valence electrons. The molecule has 2 rings (SSSR count). The van der Waals surface area contributed by atoms with Gasteiger partial charge in [0, 0.05) is 12.2 Å². The van der Waals surface area contributed by atoms with Crippen molar-refractivity contribution in [3.63, 3.8) is 0 Å². The minimum atomic E-state index is -0.515. The van der Waals surface area contributed by atoms with Crippen molar-refractivity contribution >= 4 is 24.0 Å². The van der Waals surface area contributed by atoms with E-state index in [9.17, 15) is 4.79 Å². The Morgan fingerprint density at radius 1 is 1.33 bits per heavy atom. The number of halogens is 1. The van der Waals surface area contributed by atoms with Gasteiger partial charge in [0.05, 0.1) is 5.41 Å². The van der Waals surface area contributed by atoms with Crippen molar-refractivity contribution < 1.29 is 4.79 Å². The van der Waals surface area contributed by atoms with Gasteiger partial charge in [0.25, 0.3) is 0 Å². The summed E-state index contributed by atoms with van der Waals surface area (Å²) in [5.74, 6) is -0.0158. The van der Waals surface area contributed by atoms with Crippen molar-refractivity contribution in [3.8, 4) is 0 Å². The Morgan fingerprint density at radius 2 is 2.00 bits per heavy atom. The lowest BCUT2D eigenvalue weighted by Crippen LogP contribution is -2.37. The smallest absolute Gasteiger partial charge is 0.231 e. The fourth-order valence-corrected chi connectivity index (χ4v) is 2.04. The SMILES string of the molecule is CC(C)(CN)C(=O)Nc1ccc2c(c1)CCC2.Cl. The summed E-state index contributed by atoms with van der Waals surface area (Å²) in [6.45, 7) is 4.06. The molecule has 1 aromatic rings. The van der Waals surface area contributed by atoms with Gasteiger partial charge >= 0.3 is 0 Å². The number of amides is 1. The molecular formula is C14H21ClN2O. The van der Waals surface area contributed by atoms with Crippen molar-refractivity contribution in [3.05, 3.63) is 29.3 Å². The Hall–Kier alpha value is -1.06. The summed E-state index contributed by atoms with van der Waals surface area (Å²) in [6, 6.07) is 6.19. The number of rotatable bonds is 3. The molecule has 3 nitrogen and oxygen atoms in total. The van der Waals surface area contributed by atoms with Crippen LogP contribution in [-0.4, -0.2) is 12.5 Å². The number of hydrogen-bond donors (Lipinski definition) is 2. The van der Waals surface area contributed by atoms with E-state index < -0.39 is 5.41 Å². The number of fused-ring (bicyclic) bond motifs is 1. The van der Waals surface area contributed by atoms with Crippen molar-refractivity contribution in [2.24, 2.45) is 11.1 Å². The first kappa shape index (κ1) is 15.0. The van der Waals surface area contributed by atoms with Gasteiger partial charge in [-0.25, -0.2) is 0 Å². The molecule has 0 saturated carbocycles. The third kappa shape index (κ3) is 3.03. The number of nitrogens with two attached hydrogens (primary N) is 1. The fourth-order valence-electron chi connectivity index (χ4n) is 2.04. The van der Waals surface area contributed by atoms with E-state index in [2.05, 4.69) is 17.4 Å². The molecule has 4 heteroatoms. The zero-order valence-corrected chi connectivity index (χ0v) is 11.8. The first-order valence-electron chi connectivity index (χ1n) is 6.16. The van der Waals surface area contributed by atoms with Crippen molar-refractivity contribution in [2.45, 2.75) is 33.1 Å². The second-order valence-corrected chi connectivity index (χ2v) is 5.38. The van der Waals surface area contributed by atoms with Crippen LogP contribution in [0.3, 0.4) is 0 Å². The molecule has 18 heavy (non-hydrogen) atoms. The zero-order valence-electron chi connectivity index (χ0n) is 11.0. The van der Waals surface area contributed by atoms with Gasteiger partial charge in [-0.3, -0.25) is 4.79 Å². The summed E-state index contributed by atoms with van der Waals surface area (Å²) in [5, 5.41) is 2.94. The van der Waals surface area contributed by atoms with Crippen LogP contribution in [0.4, 0.5) is 5.69 Å². The number of aryl methyl sites for hydroxylation is 2. The number of nitrogens with one attached hydrogen (secondary N) is 1. The highest BCUT2D eigenvalue weighted by atomic mass is 35.5. The van der Waals surface area contributed by atoms with E-state index in [-0.39, 0.29) is 18.3 Å². The summed E-state index contributed by atoms with van der Waals surface area (Å²) < 4.78 is 0. The summed E-state index contributed by atoms with van der Waals surface area (Å²) >= 11 is 0. The number of carbonyl (C=O) groups excluding carboxylic acids is 1. The minimum Gasteiger partial charge on any atom is -0.329 e. The van der Waals surface area contributed by atoms with E-state index in [1.165, 1.54) is 17.5 Å². The number of anilines is 1. The van der Waals surface area contributed by atoms with E-state index >= 15 is 0 Å². The highest BCUT2D eigenvalue weighted by molar-refractivity contribution is 5.95. The maximum Gasteiger partial charge on any atom is 0.231 e. The maximum atomic E-state index is 12.0. The molecule has 1 amide bonds. The molecule has 0 radical (unpaired) electrons. The molecule has 0 atom stereocenters. The van der Waals surface area contributed by atoms with Gasteiger partial charge in [0.1, 0.15) is 0 Å². The molecule has 1 aliphatic rings. The lowest BCUT2D eigenvalue weighted by molar-refractivity contribution is -0.123. The predicted octanol–water partition coefficient (Wildman–Crippen LogP) is 2.52. The van der Waals surface area contributed by atoms with Gasteiger partial charge < -0.3 is 11.1 Å². The summed E-state index contributed by atoms with van der Waals surface area (Å²) in [5.41, 5.74) is 8.75. The average molecular weight is 269 g/mol. The van der Waals surface area contributed by atoms with Gasteiger partial charge in [-0.15, -0.1) is 12.4 Å². The molecule has 0 bridgehead atoms. The van der Waals surface area contributed by atoms with Crippen LogP contribution in [0.15, 0.2) is 18.2 Å². The second-order valence-electron chi connectivity index (χ2n) is 5.38. The number of hydrogen-bond acceptors (Lipinski definition) is 2. The molecule has 0 aromatic heterocycles. The van der Waals surface area contributed by atoms with Crippen LogP contribution in [-0.2, 0) is 17.6 Å². The standard InChI is InChI=1S/C14H20N2O.ClH/c1-14(2,9-15)13(17)16-12-7-6-10-4-3-5-11(10)8-12;/h6-8H,3-5,9,15H2,1-2H3,(H,16,17);1H. The summed E-state index contributed by atoms with van der Waals surface area (Å²) in [4.78, 5) is 12.0. The van der Waals surface area contributed by atoms with Crippen LogP contribution in [0.5, 0.6) is 0 Å². The van der Waals surface area contributed by atoms with Gasteiger partial charge in [-0.2, -0.15) is 0 Å². The third-order valence-corrected chi connectivity index (χ3v) is 3.48.